The summed E-state index contributed by atoms with van der Waals surface area (Å²) in [4.78, 5) is 16.9. The topological polar surface area (TPSA) is 64.7 Å². The van der Waals surface area contributed by atoms with E-state index in [-0.39, 0.29) is 17.4 Å². The molecule has 0 atom stereocenters. The molecule has 114 valence electrons. The second-order valence-corrected chi connectivity index (χ2v) is 6.36. The smallest absolute Gasteiger partial charge is 0.220 e. The second-order valence-electron chi connectivity index (χ2n) is 5.93. The number of benzene rings is 1. The maximum atomic E-state index is 11.2. The minimum absolute atomic E-state index is 0.0316. The van der Waals surface area contributed by atoms with Gasteiger partial charge in [0.25, 0.3) is 0 Å². The number of rotatable bonds is 1. The number of oxime groups is 1. The van der Waals surface area contributed by atoms with Crippen LogP contribution in [0, 0.1) is 17.8 Å². The van der Waals surface area contributed by atoms with Gasteiger partial charge < -0.3 is 10.6 Å². The first kappa shape index (κ1) is 14.9. The summed E-state index contributed by atoms with van der Waals surface area (Å²) in [6.07, 6.45) is 3.82. The van der Waals surface area contributed by atoms with E-state index < -0.39 is 0 Å². The van der Waals surface area contributed by atoms with E-state index in [9.17, 15) is 4.79 Å². The largest absolute Gasteiger partial charge is 0.388 e. The van der Waals surface area contributed by atoms with Crippen molar-refractivity contribution in [1.82, 2.24) is 0 Å². The van der Waals surface area contributed by atoms with Crippen molar-refractivity contribution in [3.63, 3.8) is 0 Å². The van der Waals surface area contributed by atoms with Gasteiger partial charge in [-0.3, -0.25) is 4.79 Å². The van der Waals surface area contributed by atoms with E-state index >= 15 is 0 Å². The van der Waals surface area contributed by atoms with Crippen molar-refractivity contribution >= 4 is 23.2 Å². The third-order valence-corrected chi connectivity index (χ3v) is 4.55. The van der Waals surface area contributed by atoms with E-state index in [2.05, 4.69) is 17.0 Å². The fourth-order valence-electron chi connectivity index (χ4n) is 3.00. The van der Waals surface area contributed by atoms with E-state index in [0.29, 0.717) is 11.4 Å². The van der Waals surface area contributed by atoms with E-state index in [1.807, 2.05) is 24.3 Å². The van der Waals surface area contributed by atoms with Crippen LogP contribution in [-0.2, 0) is 9.63 Å². The summed E-state index contributed by atoms with van der Waals surface area (Å²) in [7, 11) is 0. The molecule has 1 amide bonds. The Morgan fingerprint density at radius 2 is 2.14 bits per heavy atom. The van der Waals surface area contributed by atoms with Crippen LogP contribution >= 0.6 is 11.6 Å². The molecule has 1 aliphatic carbocycles. The summed E-state index contributed by atoms with van der Waals surface area (Å²) < 4.78 is 0. The zero-order valence-electron chi connectivity index (χ0n) is 12.1. The number of carbonyl (C=O) groups is 1. The monoisotopic (exact) mass is 316 g/mol. The van der Waals surface area contributed by atoms with Crippen molar-refractivity contribution in [2.45, 2.75) is 37.7 Å². The molecular weight excluding hydrogens is 300 g/mol. The van der Waals surface area contributed by atoms with Gasteiger partial charge in [0.1, 0.15) is 11.3 Å². The van der Waals surface area contributed by atoms with Gasteiger partial charge in [-0.15, -0.1) is 0 Å². The van der Waals surface area contributed by atoms with Crippen molar-refractivity contribution < 1.29 is 9.63 Å². The average Bonchev–Trinajstić information content (AvgIpc) is 2.89. The zero-order chi connectivity index (χ0) is 15.6. The average molecular weight is 317 g/mol. The van der Waals surface area contributed by atoms with Crippen molar-refractivity contribution in [3.8, 4) is 11.8 Å². The summed E-state index contributed by atoms with van der Waals surface area (Å²) >= 11 is 5.94. The van der Waals surface area contributed by atoms with Crippen molar-refractivity contribution in [2.24, 2.45) is 16.8 Å². The molecule has 1 aliphatic heterocycles. The lowest BCUT2D eigenvalue weighted by atomic mass is 9.76. The van der Waals surface area contributed by atoms with Crippen LogP contribution in [0.3, 0.4) is 0 Å². The molecule has 2 N–H and O–H groups in total. The first-order valence-electron chi connectivity index (χ1n) is 7.38. The van der Waals surface area contributed by atoms with Gasteiger partial charge in [0, 0.05) is 22.9 Å². The molecule has 5 heteroatoms. The predicted molar refractivity (Wildman–Crippen MR) is 85.4 cm³/mol. The maximum absolute atomic E-state index is 11.2. The van der Waals surface area contributed by atoms with E-state index in [4.69, 9.17) is 22.2 Å². The highest BCUT2D eigenvalue weighted by Gasteiger charge is 2.43. The summed E-state index contributed by atoms with van der Waals surface area (Å²) in [6, 6.07) is 7.41. The quantitative estimate of drug-likeness (QED) is 0.810. The number of carbonyl (C=O) groups excluding carboxylic acids is 1. The number of nitrogens with two attached hydrogens (primary N) is 1. The zero-order valence-corrected chi connectivity index (χ0v) is 12.9. The molecule has 0 unspecified atom stereocenters. The highest BCUT2D eigenvalue weighted by Crippen LogP contribution is 2.40. The van der Waals surface area contributed by atoms with Crippen LogP contribution in [0.4, 0.5) is 0 Å². The van der Waals surface area contributed by atoms with E-state index in [0.717, 1.165) is 37.0 Å². The molecule has 1 spiro atoms. The number of hydrogen-bond donors (Lipinski definition) is 1. The molecule has 0 radical (unpaired) electrons. The molecule has 3 rings (SSSR count). The fraction of sp³-hybridized carbons (Fsp3) is 0.412. The van der Waals surface area contributed by atoms with Gasteiger partial charge in [0.05, 0.1) is 0 Å². The Bertz CT molecular complexity index is 679. The lowest BCUT2D eigenvalue weighted by Gasteiger charge is -2.33. The van der Waals surface area contributed by atoms with Crippen LogP contribution in [0.5, 0.6) is 0 Å². The van der Waals surface area contributed by atoms with Gasteiger partial charge in [-0.2, -0.15) is 0 Å². The Labute approximate surface area is 134 Å². The number of hydrogen-bond acceptors (Lipinski definition) is 3. The summed E-state index contributed by atoms with van der Waals surface area (Å²) in [5.74, 6) is 5.87. The van der Waals surface area contributed by atoms with E-state index in [1.54, 1.807) is 0 Å². The molecule has 0 aromatic heterocycles. The molecule has 4 nitrogen and oxygen atoms in total. The van der Waals surface area contributed by atoms with Crippen LogP contribution in [0.25, 0.3) is 0 Å². The van der Waals surface area contributed by atoms with Gasteiger partial charge >= 0.3 is 0 Å². The Morgan fingerprint density at radius 1 is 1.36 bits per heavy atom. The number of halogens is 1. The van der Waals surface area contributed by atoms with Crippen molar-refractivity contribution in [3.05, 3.63) is 34.9 Å². The van der Waals surface area contributed by atoms with Crippen LogP contribution in [-0.4, -0.2) is 17.2 Å². The number of nitrogens with zero attached hydrogens (tertiary/aromatic N) is 1. The Hall–Kier alpha value is -1.99. The standard InChI is InChI=1S/C17H17ClN2O2/c18-14-3-1-2-12(10-14)4-5-15-11-17(22-20-15)8-6-13(7-9-17)16(19)21/h1-3,10,13H,6-9,11H2,(H2,19,21). The third-order valence-electron chi connectivity index (χ3n) is 4.31. The van der Waals surface area contributed by atoms with E-state index in [1.165, 1.54) is 0 Å². The SMILES string of the molecule is NC(=O)C1CCC2(CC1)CC(C#Cc1cccc(Cl)c1)=NO2. The Morgan fingerprint density at radius 3 is 2.82 bits per heavy atom. The molecule has 1 aromatic carbocycles. The molecule has 22 heavy (non-hydrogen) atoms. The first-order valence-corrected chi connectivity index (χ1v) is 7.76. The lowest BCUT2D eigenvalue weighted by Crippen LogP contribution is -2.38. The summed E-state index contributed by atoms with van der Waals surface area (Å²) in [6.45, 7) is 0. The highest BCUT2D eigenvalue weighted by atomic mass is 35.5. The second kappa shape index (κ2) is 6.02. The number of primary amides is 1. The molecule has 1 aromatic rings. The van der Waals surface area contributed by atoms with Crippen LogP contribution < -0.4 is 5.73 Å². The predicted octanol–water partition coefficient (Wildman–Crippen LogP) is 2.88. The third kappa shape index (κ3) is 3.26. The number of amides is 1. The maximum Gasteiger partial charge on any atom is 0.220 e. The molecule has 0 bridgehead atoms. The fourth-order valence-corrected chi connectivity index (χ4v) is 3.19. The Kier molecular flexibility index (Phi) is 4.08. The van der Waals surface area contributed by atoms with Gasteiger partial charge in [-0.1, -0.05) is 28.7 Å². The molecule has 1 heterocycles. The van der Waals surface area contributed by atoms with Crippen LogP contribution in [0.2, 0.25) is 5.02 Å². The summed E-state index contributed by atoms with van der Waals surface area (Å²) in [5.41, 5.74) is 6.68. The highest BCUT2D eigenvalue weighted by molar-refractivity contribution is 6.30. The summed E-state index contributed by atoms with van der Waals surface area (Å²) in [5, 5.41) is 4.78. The normalized spacial score (nSPS) is 26.8. The Balaban J connectivity index is 1.62. The minimum Gasteiger partial charge on any atom is -0.388 e. The minimum atomic E-state index is -0.287. The van der Waals surface area contributed by atoms with Crippen LogP contribution in [0.1, 0.15) is 37.7 Å². The van der Waals surface area contributed by atoms with Gasteiger partial charge in [0.15, 0.2) is 0 Å². The molecule has 2 aliphatic rings. The van der Waals surface area contributed by atoms with Crippen molar-refractivity contribution in [1.29, 1.82) is 0 Å². The van der Waals surface area contributed by atoms with Gasteiger partial charge in [-0.05, 0) is 49.8 Å². The lowest BCUT2D eigenvalue weighted by molar-refractivity contribution is -0.125. The molecule has 0 saturated heterocycles. The van der Waals surface area contributed by atoms with Crippen LogP contribution in [0.15, 0.2) is 29.4 Å². The molecule has 1 fully saturated rings. The van der Waals surface area contributed by atoms with Gasteiger partial charge in [0.2, 0.25) is 5.91 Å². The molecular formula is C17H17ClN2O2. The first-order chi connectivity index (χ1) is 10.6. The van der Waals surface area contributed by atoms with Gasteiger partial charge in [-0.25, -0.2) is 0 Å². The molecule has 1 saturated carbocycles. The van der Waals surface area contributed by atoms with Crippen molar-refractivity contribution in [2.75, 3.05) is 0 Å².